The van der Waals surface area contributed by atoms with Crippen molar-refractivity contribution in [3.05, 3.63) is 16.4 Å². The topological polar surface area (TPSA) is 29.9 Å². The van der Waals surface area contributed by atoms with E-state index < -0.39 is 12.6 Å². The van der Waals surface area contributed by atoms with E-state index >= 15 is 0 Å². The number of rotatable bonds is 5. The molecule has 0 fully saturated rings. The Hall–Kier alpha value is -0.750. The van der Waals surface area contributed by atoms with Gasteiger partial charge in [0.15, 0.2) is 0 Å². The summed E-state index contributed by atoms with van der Waals surface area (Å²) in [4.78, 5) is 0. The molecule has 0 radical (unpaired) electrons. The van der Waals surface area contributed by atoms with Gasteiger partial charge in [-0.15, -0.1) is 0 Å². The number of hydrogen-bond donors (Lipinski definition) is 1. The minimum Gasteiger partial charge on any atom is -0.317 e. The molecule has 18 heavy (non-hydrogen) atoms. The summed E-state index contributed by atoms with van der Waals surface area (Å²) in [7, 11) is 3.39. The standard InChI is InChI=1S/C11H17ClF3N3/c1-7-10(12)9(18(3)17-7)6-8(16-2)4-5-11(13,14)15/h8,16H,4-6H2,1-3H3. The van der Waals surface area contributed by atoms with E-state index in [0.717, 1.165) is 5.69 Å². The Bertz CT molecular complexity index is 401. The van der Waals surface area contributed by atoms with Crippen molar-refractivity contribution in [2.24, 2.45) is 7.05 Å². The number of alkyl halides is 3. The van der Waals surface area contributed by atoms with Crippen LogP contribution in [0.4, 0.5) is 13.2 Å². The average Bonchev–Trinajstić information content (AvgIpc) is 2.48. The minimum atomic E-state index is -4.12. The van der Waals surface area contributed by atoms with Crippen molar-refractivity contribution in [2.75, 3.05) is 7.05 Å². The molecule has 0 bridgehead atoms. The van der Waals surface area contributed by atoms with Gasteiger partial charge in [0, 0.05) is 25.9 Å². The number of likely N-dealkylation sites (N-methyl/N-ethyl adjacent to an activating group) is 1. The van der Waals surface area contributed by atoms with Crippen molar-refractivity contribution >= 4 is 11.6 Å². The van der Waals surface area contributed by atoms with Crippen molar-refractivity contribution < 1.29 is 13.2 Å². The molecule has 1 aromatic heterocycles. The van der Waals surface area contributed by atoms with Crippen LogP contribution in [0.15, 0.2) is 0 Å². The molecule has 0 aliphatic carbocycles. The van der Waals surface area contributed by atoms with Crippen molar-refractivity contribution in [1.82, 2.24) is 15.1 Å². The van der Waals surface area contributed by atoms with Crippen LogP contribution >= 0.6 is 11.6 Å². The minimum absolute atomic E-state index is 0.0283. The fourth-order valence-electron chi connectivity index (χ4n) is 1.82. The third kappa shape index (κ3) is 4.17. The molecule has 1 heterocycles. The predicted molar refractivity (Wildman–Crippen MR) is 64.8 cm³/mol. The first-order chi connectivity index (χ1) is 8.24. The number of aryl methyl sites for hydroxylation is 2. The summed E-state index contributed by atoms with van der Waals surface area (Å²) in [5.41, 5.74) is 1.45. The summed E-state index contributed by atoms with van der Waals surface area (Å²) < 4.78 is 38.2. The molecule has 0 aliphatic heterocycles. The molecule has 0 spiro atoms. The van der Waals surface area contributed by atoms with E-state index in [1.54, 1.807) is 25.7 Å². The summed E-state index contributed by atoms with van der Waals surface area (Å²) in [5.74, 6) is 0. The molecule has 1 aromatic rings. The highest BCUT2D eigenvalue weighted by molar-refractivity contribution is 6.31. The summed E-state index contributed by atoms with van der Waals surface area (Å²) in [6, 6.07) is -0.265. The molecule has 104 valence electrons. The lowest BCUT2D eigenvalue weighted by atomic mass is 10.1. The molecular weight excluding hydrogens is 267 g/mol. The second-order valence-corrected chi connectivity index (χ2v) is 4.69. The van der Waals surface area contributed by atoms with Gasteiger partial charge in [0.2, 0.25) is 0 Å². The molecule has 7 heteroatoms. The average molecular weight is 284 g/mol. The lowest BCUT2D eigenvalue weighted by Gasteiger charge is -2.17. The molecule has 0 saturated heterocycles. The Morgan fingerprint density at radius 3 is 2.44 bits per heavy atom. The van der Waals surface area contributed by atoms with Crippen LogP contribution in [-0.2, 0) is 13.5 Å². The zero-order valence-electron chi connectivity index (χ0n) is 10.6. The summed E-state index contributed by atoms with van der Waals surface area (Å²) in [5, 5.41) is 7.56. The van der Waals surface area contributed by atoms with Crippen LogP contribution in [0.1, 0.15) is 24.2 Å². The van der Waals surface area contributed by atoms with Crippen LogP contribution in [-0.4, -0.2) is 29.0 Å². The lowest BCUT2D eigenvalue weighted by molar-refractivity contribution is -0.136. The first kappa shape index (κ1) is 15.3. The van der Waals surface area contributed by atoms with Gasteiger partial charge < -0.3 is 5.32 Å². The molecule has 1 unspecified atom stereocenters. The van der Waals surface area contributed by atoms with Crippen LogP contribution in [0.5, 0.6) is 0 Å². The predicted octanol–water partition coefficient (Wildman–Crippen LogP) is 2.85. The van der Waals surface area contributed by atoms with Crippen LogP contribution < -0.4 is 5.32 Å². The van der Waals surface area contributed by atoms with Crippen molar-refractivity contribution in [3.63, 3.8) is 0 Å². The first-order valence-electron chi connectivity index (χ1n) is 5.66. The normalized spacial score (nSPS) is 13.9. The van der Waals surface area contributed by atoms with E-state index in [1.807, 2.05) is 0 Å². The maximum absolute atomic E-state index is 12.2. The first-order valence-corrected chi connectivity index (χ1v) is 6.04. The Kier molecular flexibility index (Phi) is 5.04. The molecule has 0 saturated carbocycles. The van der Waals surface area contributed by atoms with Crippen LogP contribution in [0.25, 0.3) is 0 Å². The van der Waals surface area contributed by atoms with E-state index in [2.05, 4.69) is 10.4 Å². The molecule has 1 atom stereocenters. The third-order valence-electron chi connectivity index (χ3n) is 2.89. The number of halogens is 4. The van der Waals surface area contributed by atoms with E-state index in [0.29, 0.717) is 17.1 Å². The van der Waals surface area contributed by atoms with Gasteiger partial charge >= 0.3 is 6.18 Å². The maximum Gasteiger partial charge on any atom is 0.389 e. The highest BCUT2D eigenvalue weighted by Gasteiger charge is 2.28. The largest absolute Gasteiger partial charge is 0.389 e. The zero-order valence-corrected chi connectivity index (χ0v) is 11.4. The molecule has 1 rings (SSSR count). The van der Waals surface area contributed by atoms with Crippen LogP contribution in [0.2, 0.25) is 5.02 Å². The van der Waals surface area contributed by atoms with Crippen LogP contribution in [0, 0.1) is 6.92 Å². The Balaban J connectivity index is 2.68. The van der Waals surface area contributed by atoms with Gasteiger partial charge in [-0.2, -0.15) is 18.3 Å². The lowest BCUT2D eigenvalue weighted by Crippen LogP contribution is -2.30. The molecule has 0 aliphatic rings. The summed E-state index contributed by atoms with van der Waals surface area (Å²) in [6.45, 7) is 1.77. The molecule has 3 nitrogen and oxygen atoms in total. The molecule has 0 amide bonds. The number of hydrogen-bond acceptors (Lipinski definition) is 2. The van der Waals surface area contributed by atoms with Gasteiger partial charge in [-0.1, -0.05) is 11.6 Å². The monoisotopic (exact) mass is 283 g/mol. The maximum atomic E-state index is 12.2. The Morgan fingerprint density at radius 1 is 1.44 bits per heavy atom. The number of aromatic nitrogens is 2. The third-order valence-corrected chi connectivity index (χ3v) is 3.38. The van der Waals surface area contributed by atoms with Crippen molar-refractivity contribution in [3.8, 4) is 0 Å². The van der Waals surface area contributed by atoms with Crippen molar-refractivity contribution in [2.45, 2.75) is 38.4 Å². The highest BCUT2D eigenvalue weighted by Crippen LogP contribution is 2.25. The van der Waals surface area contributed by atoms with E-state index in [4.69, 9.17) is 11.6 Å². The van der Waals surface area contributed by atoms with Gasteiger partial charge in [-0.25, -0.2) is 0 Å². The van der Waals surface area contributed by atoms with Gasteiger partial charge in [0.1, 0.15) is 0 Å². The second-order valence-electron chi connectivity index (χ2n) is 4.31. The SMILES string of the molecule is CNC(CCC(F)(F)F)Cc1c(Cl)c(C)nn1C. The summed E-state index contributed by atoms with van der Waals surface area (Å²) in [6.07, 6.45) is -4.46. The molecule has 1 N–H and O–H groups in total. The fourth-order valence-corrected chi connectivity index (χ4v) is 2.06. The quantitative estimate of drug-likeness (QED) is 0.900. The molecule has 0 aromatic carbocycles. The van der Waals surface area contributed by atoms with Gasteiger partial charge in [-0.3, -0.25) is 4.68 Å². The van der Waals surface area contributed by atoms with Crippen LogP contribution in [0.3, 0.4) is 0 Å². The molecular formula is C11H17ClF3N3. The summed E-state index contributed by atoms with van der Waals surface area (Å²) >= 11 is 6.07. The zero-order chi connectivity index (χ0) is 13.9. The van der Waals surface area contributed by atoms with E-state index in [-0.39, 0.29) is 12.5 Å². The van der Waals surface area contributed by atoms with E-state index in [1.165, 1.54) is 0 Å². The van der Waals surface area contributed by atoms with Gasteiger partial charge in [-0.05, 0) is 20.4 Å². The number of nitrogens with zero attached hydrogens (tertiary/aromatic N) is 2. The number of nitrogens with one attached hydrogen (secondary N) is 1. The van der Waals surface area contributed by atoms with Crippen molar-refractivity contribution in [1.29, 1.82) is 0 Å². The Morgan fingerprint density at radius 2 is 2.06 bits per heavy atom. The fraction of sp³-hybridized carbons (Fsp3) is 0.727. The van der Waals surface area contributed by atoms with Gasteiger partial charge in [0.25, 0.3) is 0 Å². The smallest absolute Gasteiger partial charge is 0.317 e. The van der Waals surface area contributed by atoms with Gasteiger partial charge in [0.05, 0.1) is 16.4 Å². The Labute approximate surface area is 109 Å². The second kappa shape index (κ2) is 5.93. The van der Waals surface area contributed by atoms with E-state index in [9.17, 15) is 13.2 Å². The highest BCUT2D eigenvalue weighted by atomic mass is 35.5.